The lowest BCUT2D eigenvalue weighted by Crippen LogP contribution is -2.43. The smallest absolute Gasteiger partial charge is 0.0702 e. The van der Waals surface area contributed by atoms with Crippen molar-refractivity contribution in [2.45, 2.75) is 25.4 Å². The van der Waals surface area contributed by atoms with Gasteiger partial charge in [-0.15, -0.1) is 0 Å². The Balaban J connectivity index is 1.64. The molecule has 3 heteroatoms. The van der Waals surface area contributed by atoms with Gasteiger partial charge in [-0.3, -0.25) is 4.98 Å². The van der Waals surface area contributed by atoms with Crippen molar-refractivity contribution >= 4 is 10.9 Å². The van der Waals surface area contributed by atoms with Crippen LogP contribution in [0.3, 0.4) is 0 Å². The van der Waals surface area contributed by atoms with Crippen LogP contribution >= 0.6 is 0 Å². The fraction of sp³-hybridized carbons (Fsp3) is 0.438. The van der Waals surface area contributed by atoms with E-state index in [9.17, 15) is 0 Å². The van der Waals surface area contributed by atoms with E-state index in [1.165, 1.54) is 30.3 Å². The van der Waals surface area contributed by atoms with E-state index >= 15 is 0 Å². The van der Waals surface area contributed by atoms with E-state index in [2.05, 4.69) is 46.5 Å². The number of hydrogen-bond donors (Lipinski definition) is 1. The van der Waals surface area contributed by atoms with Gasteiger partial charge in [-0.1, -0.05) is 12.1 Å². The minimum atomic E-state index is 0.628. The zero-order valence-corrected chi connectivity index (χ0v) is 11.5. The van der Waals surface area contributed by atoms with E-state index in [0.717, 1.165) is 18.6 Å². The lowest BCUT2D eigenvalue weighted by atomic mass is 10.1. The van der Waals surface area contributed by atoms with Crippen molar-refractivity contribution < 1.29 is 0 Å². The second-order valence-corrected chi connectivity index (χ2v) is 5.51. The van der Waals surface area contributed by atoms with E-state index in [4.69, 9.17) is 0 Å². The monoisotopic (exact) mass is 255 g/mol. The lowest BCUT2D eigenvalue weighted by Gasteiger charge is -2.30. The zero-order valence-electron chi connectivity index (χ0n) is 11.5. The van der Waals surface area contributed by atoms with Crippen LogP contribution in [0.15, 0.2) is 36.5 Å². The van der Waals surface area contributed by atoms with Crippen molar-refractivity contribution in [1.29, 1.82) is 0 Å². The first-order valence-electron chi connectivity index (χ1n) is 7.07. The summed E-state index contributed by atoms with van der Waals surface area (Å²) in [6.07, 6.45) is 4.44. The molecule has 0 saturated carbocycles. The molecule has 1 aliphatic heterocycles. The summed E-state index contributed by atoms with van der Waals surface area (Å²) < 4.78 is 0. The first-order valence-corrected chi connectivity index (χ1v) is 7.07. The molecule has 1 aromatic heterocycles. The van der Waals surface area contributed by atoms with Crippen molar-refractivity contribution in [3.05, 3.63) is 42.1 Å². The summed E-state index contributed by atoms with van der Waals surface area (Å²) in [4.78, 5) is 6.76. The van der Waals surface area contributed by atoms with Gasteiger partial charge in [0.2, 0.25) is 0 Å². The van der Waals surface area contributed by atoms with Crippen LogP contribution in [0.4, 0.5) is 0 Å². The molecule has 0 radical (unpaired) electrons. The van der Waals surface area contributed by atoms with Crippen molar-refractivity contribution in [2.75, 3.05) is 20.1 Å². The molecule has 0 spiro atoms. The average molecular weight is 255 g/mol. The summed E-state index contributed by atoms with van der Waals surface area (Å²) in [6, 6.07) is 11.3. The minimum absolute atomic E-state index is 0.628. The van der Waals surface area contributed by atoms with E-state index in [1.54, 1.807) is 0 Å². The third-order valence-electron chi connectivity index (χ3n) is 3.89. The third kappa shape index (κ3) is 3.11. The Bertz CT molecular complexity index is 552. The van der Waals surface area contributed by atoms with Gasteiger partial charge >= 0.3 is 0 Å². The highest BCUT2D eigenvalue weighted by Crippen LogP contribution is 2.14. The number of pyridine rings is 1. The number of aromatic nitrogens is 1. The molecule has 100 valence electrons. The second-order valence-electron chi connectivity index (χ2n) is 5.51. The molecule has 1 fully saturated rings. The van der Waals surface area contributed by atoms with Gasteiger partial charge in [0.1, 0.15) is 0 Å². The van der Waals surface area contributed by atoms with Crippen LogP contribution in [0.1, 0.15) is 18.4 Å². The fourth-order valence-corrected chi connectivity index (χ4v) is 2.83. The Morgan fingerprint density at radius 1 is 1.37 bits per heavy atom. The Morgan fingerprint density at radius 3 is 3.21 bits per heavy atom. The lowest BCUT2D eigenvalue weighted by molar-refractivity contribution is 0.226. The molecule has 2 heterocycles. The van der Waals surface area contributed by atoms with Gasteiger partial charge in [0, 0.05) is 30.7 Å². The normalized spacial score (nSPS) is 20.8. The predicted octanol–water partition coefficient (Wildman–Crippen LogP) is 2.42. The zero-order chi connectivity index (χ0) is 13.1. The quantitative estimate of drug-likeness (QED) is 0.913. The Labute approximate surface area is 114 Å². The number of likely N-dealkylation sites (tertiary alicyclic amines) is 1. The average Bonchev–Trinajstić information content (AvgIpc) is 2.45. The van der Waals surface area contributed by atoms with Crippen LogP contribution in [0.2, 0.25) is 0 Å². The van der Waals surface area contributed by atoms with Crippen LogP contribution in [-0.2, 0) is 6.54 Å². The van der Waals surface area contributed by atoms with Crippen LogP contribution in [0, 0.1) is 0 Å². The summed E-state index contributed by atoms with van der Waals surface area (Å²) in [5, 5.41) is 4.90. The summed E-state index contributed by atoms with van der Waals surface area (Å²) in [6.45, 7) is 3.35. The van der Waals surface area contributed by atoms with Gasteiger partial charge < -0.3 is 10.2 Å². The SMILES string of the molecule is CN1CCCC(NCc2ccc3ncccc3c2)C1. The molecule has 1 unspecified atom stereocenters. The summed E-state index contributed by atoms with van der Waals surface area (Å²) in [7, 11) is 2.20. The molecule has 3 nitrogen and oxygen atoms in total. The van der Waals surface area contributed by atoms with Gasteiger partial charge in [-0.05, 0) is 50.2 Å². The summed E-state index contributed by atoms with van der Waals surface area (Å²) >= 11 is 0. The van der Waals surface area contributed by atoms with Crippen LogP contribution < -0.4 is 5.32 Å². The number of rotatable bonds is 3. The Morgan fingerprint density at radius 2 is 2.32 bits per heavy atom. The fourth-order valence-electron chi connectivity index (χ4n) is 2.83. The highest BCUT2D eigenvalue weighted by atomic mass is 15.1. The predicted molar refractivity (Wildman–Crippen MR) is 79.1 cm³/mol. The molecule has 0 amide bonds. The molecule has 1 aromatic carbocycles. The second kappa shape index (κ2) is 5.68. The minimum Gasteiger partial charge on any atom is -0.309 e. The van der Waals surface area contributed by atoms with E-state index < -0.39 is 0 Å². The summed E-state index contributed by atoms with van der Waals surface area (Å²) in [5.74, 6) is 0. The molecule has 3 rings (SSSR count). The third-order valence-corrected chi connectivity index (χ3v) is 3.89. The van der Waals surface area contributed by atoms with E-state index in [0.29, 0.717) is 6.04 Å². The molecule has 2 aromatic rings. The number of nitrogens with one attached hydrogen (secondary N) is 1. The maximum Gasteiger partial charge on any atom is 0.0702 e. The van der Waals surface area contributed by atoms with Crippen molar-refractivity contribution in [2.24, 2.45) is 0 Å². The van der Waals surface area contributed by atoms with Crippen molar-refractivity contribution in [1.82, 2.24) is 15.2 Å². The van der Waals surface area contributed by atoms with Gasteiger partial charge in [-0.25, -0.2) is 0 Å². The highest BCUT2D eigenvalue weighted by molar-refractivity contribution is 5.78. The number of hydrogen-bond acceptors (Lipinski definition) is 3. The number of fused-ring (bicyclic) bond motifs is 1. The van der Waals surface area contributed by atoms with Crippen LogP contribution in [0.25, 0.3) is 10.9 Å². The first kappa shape index (κ1) is 12.6. The van der Waals surface area contributed by atoms with Gasteiger partial charge in [0.05, 0.1) is 5.52 Å². The van der Waals surface area contributed by atoms with Gasteiger partial charge in [0.15, 0.2) is 0 Å². The largest absolute Gasteiger partial charge is 0.309 e. The maximum atomic E-state index is 4.36. The molecule has 19 heavy (non-hydrogen) atoms. The van der Waals surface area contributed by atoms with Crippen molar-refractivity contribution in [3.8, 4) is 0 Å². The van der Waals surface area contributed by atoms with E-state index in [-0.39, 0.29) is 0 Å². The van der Waals surface area contributed by atoms with Gasteiger partial charge in [0.25, 0.3) is 0 Å². The molecule has 0 bridgehead atoms. The first-order chi connectivity index (χ1) is 9.31. The standard InChI is InChI=1S/C16H21N3/c1-19-9-3-5-15(12-19)18-11-13-6-7-16-14(10-13)4-2-8-17-16/h2,4,6-8,10,15,18H,3,5,9,11-12H2,1H3. The van der Waals surface area contributed by atoms with E-state index in [1.807, 2.05) is 12.3 Å². The molecular formula is C16H21N3. The number of likely N-dealkylation sites (N-methyl/N-ethyl adjacent to an activating group) is 1. The van der Waals surface area contributed by atoms with Crippen molar-refractivity contribution in [3.63, 3.8) is 0 Å². The number of benzene rings is 1. The number of piperidine rings is 1. The Hall–Kier alpha value is -1.45. The summed E-state index contributed by atoms with van der Waals surface area (Å²) in [5.41, 5.74) is 2.41. The molecular weight excluding hydrogens is 234 g/mol. The topological polar surface area (TPSA) is 28.2 Å². The molecule has 1 saturated heterocycles. The highest BCUT2D eigenvalue weighted by Gasteiger charge is 2.16. The van der Waals surface area contributed by atoms with Crippen LogP contribution in [-0.4, -0.2) is 36.1 Å². The Kier molecular flexibility index (Phi) is 3.76. The molecule has 1 aliphatic rings. The molecule has 0 aliphatic carbocycles. The van der Waals surface area contributed by atoms with Gasteiger partial charge in [-0.2, -0.15) is 0 Å². The number of nitrogens with zero attached hydrogens (tertiary/aromatic N) is 2. The maximum absolute atomic E-state index is 4.36. The molecule has 1 atom stereocenters. The van der Waals surface area contributed by atoms with Crippen LogP contribution in [0.5, 0.6) is 0 Å². The molecule has 1 N–H and O–H groups in total.